The van der Waals surface area contributed by atoms with E-state index in [1.807, 2.05) is 13.8 Å². The highest BCUT2D eigenvalue weighted by Crippen LogP contribution is 2.22. The molecule has 4 nitrogen and oxygen atoms in total. The minimum Gasteiger partial charge on any atom is -0.507 e. The molecule has 1 aromatic carbocycles. The molecule has 0 heterocycles. The smallest absolute Gasteiger partial charge is 0.255 e. The Kier molecular flexibility index (Phi) is 4.37. The van der Waals surface area contributed by atoms with Gasteiger partial charge in [0.1, 0.15) is 5.75 Å². The van der Waals surface area contributed by atoms with Crippen LogP contribution in [0.3, 0.4) is 0 Å². The van der Waals surface area contributed by atoms with Gasteiger partial charge in [0.25, 0.3) is 5.91 Å². The van der Waals surface area contributed by atoms with Crippen LogP contribution in [0.5, 0.6) is 5.75 Å². The number of aliphatic hydroxyl groups excluding tert-OH is 1. The predicted molar refractivity (Wildman–Crippen MR) is 66.3 cm³/mol. The molecule has 3 N–H and O–H groups in total. The quantitative estimate of drug-likeness (QED) is 0.770. The molecule has 0 aliphatic rings. The van der Waals surface area contributed by atoms with E-state index in [-0.39, 0.29) is 23.8 Å². The number of amides is 1. The van der Waals surface area contributed by atoms with Gasteiger partial charge in [-0.2, -0.15) is 0 Å². The van der Waals surface area contributed by atoms with Crippen molar-refractivity contribution in [1.29, 1.82) is 0 Å². The van der Waals surface area contributed by atoms with Crippen molar-refractivity contribution in [1.82, 2.24) is 5.32 Å². The first kappa shape index (κ1) is 13.8. The molecule has 1 amide bonds. The van der Waals surface area contributed by atoms with Crippen LogP contribution in [0.2, 0.25) is 5.02 Å². The van der Waals surface area contributed by atoms with Gasteiger partial charge in [-0.05, 0) is 18.2 Å². The predicted octanol–water partition coefficient (Wildman–Crippen LogP) is 1.79. The van der Waals surface area contributed by atoms with Crippen LogP contribution in [0.25, 0.3) is 0 Å². The molecule has 0 radical (unpaired) electrons. The second-order valence-electron chi connectivity index (χ2n) is 4.67. The second-order valence-corrected chi connectivity index (χ2v) is 5.10. The molecule has 0 bridgehead atoms. The molecule has 0 spiro atoms. The number of carbonyl (C=O) groups excluding carboxylic acids is 1. The third-order valence-corrected chi connectivity index (χ3v) is 2.60. The maximum atomic E-state index is 11.7. The van der Waals surface area contributed by atoms with Crippen LogP contribution in [0, 0.1) is 5.41 Å². The fourth-order valence-corrected chi connectivity index (χ4v) is 1.33. The van der Waals surface area contributed by atoms with Gasteiger partial charge in [0.2, 0.25) is 0 Å². The van der Waals surface area contributed by atoms with Crippen LogP contribution in [-0.2, 0) is 0 Å². The Balaban J connectivity index is 2.71. The van der Waals surface area contributed by atoms with E-state index >= 15 is 0 Å². The number of benzene rings is 1. The molecular formula is C12H16ClNO3. The topological polar surface area (TPSA) is 69.6 Å². The molecular weight excluding hydrogens is 242 g/mol. The molecule has 0 saturated heterocycles. The number of rotatable bonds is 4. The Morgan fingerprint density at radius 1 is 1.47 bits per heavy atom. The minimum absolute atomic E-state index is 0.0279. The van der Waals surface area contributed by atoms with Gasteiger partial charge in [-0.15, -0.1) is 0 Å². The number of carbonyl (C=O) groups is 1. The largest absolute Gasteiger partial charge is 0.507 e. The molecule has 0 atom stereocenters. The SMILES string of the molecule is CC(C)(CO)CNC(=O)c1ccc(Cl)cc1O. The zero-order valence-electron chi connectivity index (χ0n) is 9.83. The van der Waals surface area contributed by atoms with Crippen LogP contribution in [0.1, 0.15) is 24.2 Å². The third-order valence-electron chi connectivity index (χ3n) is 2.36. The number of aliphatic hydroxyl groups is 1. The van der Waals surface area contributed by atoms with Gasteiger partial charge >= 0.3 is 0 Å². The summed E-state index contributed by atoms with van der Waals surface area (Å²) in [7, 11) is 0. The van der Waals surface area contributed by atoms with Gasteiger partial charge in [-0.3, -0.25) is 4.79 Å². The number of aromatic hydroxyl groups is 1. The lowest BCUT2D eigenvalue weighted by atomic mass is 9.95. The minimum atomic E-state index is -0.391. The van der Waals surface area contributed by atoms with Crippen molar-refractivity contribution >= 4 is 17.5 Å². The van der Waals surface area contributed by atoms with Gasteiger partial charge in [-0.25, -0.2) is 0 Å². The van der Waals surface area contributed by atoms with Crippen molar-refractivity contribution in [3.8, 4) is 5.75 Å². The highest BCUT2D eigenvalue weighted by molar-refractivity contribution is 6.30. The number of phenolic OH excluding ortho intramolecular Hbond substituents is 1. The number of nitrogens with one attached hydrogen (secondary N) is 1. The van der Waals surface area contributed by atoms with Gasteiger partial charge in [0.05, 0.1) is 5.56 Å². The van der Waals surface area contributed by atoms with Crippen LogP contribution < -0.4 is 5.32 Å². The Bertz CT molecular complexity index is 418. The first-order valence-corrected chi connectivity index (χ1v) is 5.61. The van der Waals surface area contributed by atoms with Crippen molar-refractivity contribution in [2.24, 2.45) is 5.41 Å². The van der Waals surface area contributed by atoms with E-state index < -0.39 is 5.41 Å². The average Bonchev–Trinajstić information content (AvgIpc) is 2.26. The fraction of sp³-hybridized carbons (Fsp3) is 0.417. The lowest BCUT2D eigenvalue weighted by Gasteiger charge is -2.21. The van der Waals surface area contributed by atoms with Gasteiger partial charge in [-0.1, -0.05) is 25.4 Å². The Hall–Kier alpha value is -1.26. The van der Waals surface area contributed by atoms with Crippen molar-refractivity contribution < 1.29 is 15.0 Å². The van der Waals surface area contributed by atoms with E-state index in [9.17, 15) is 9.90 Å². The lowest BCUT2D eigenvalue weighted by Crippen LogP contribution is -2.36. The Morgan fingerprint density at radius 3 is 2.65 bits per heavy atom. The van der Waals surface area contributed by atoms with E-state index in [4.69, 9.17) is 16.7 Å². The number of hydrogen-bond acceptors (Lipinski definition) is 3. The molecule has 17 heavy (non-hydrogen) atoms. The molecule has 0 saturated carbocycles. The first-order valence-electron chi connectivity index (χ1n) is 5.23. The lowest BCUT2D eigenvalue weighted by molar-refractivity contribution is 0.0908. The average molecular weight is 258 g/mol. The summed E-state index contributed by atoms with van der Waals surface area (Å²) in [6, 6.07) is 4.31. The molecule has 0 aliphatic heterocycles. The van der Waals surface area contributed by atoms with Crippen molar-refractivity contribution in [2.45, 2.75) is 13.8 Å². The highest BCUT2D eigenvalue weighted by Gasteiger charge is 2.19. The summed E-state index contributed by atoms with van der Waals surface area (Å²) in [4.78, 5) is 11.7. The standard InChI is InChI=1S/C12H16ClNO3/c1-12(2,7-15)6-14-11(17)9-4-3-8(13)5-10(9)16/h3-5,15-16H,6-7H2,1-2H3,(H,14,17). The second kappa shape index (κ2) is 5.38. The van der Waals surface area contributed by atoms with Crippen LogP contribution in [0.4, 0.5) is 0 Å². The summed E-state index contributed by atoms with van der Waals surface area (Å²) < 4.78 is 0. The summed E-state index contributed by atoms with van der Waals surface area (Å²) in [5.41, 5.74) is -0.222. The number of halogens is 1. The monoisotopic (exact) mass is 257 g/mol. The summed E-state index contributed by atoms with van der Waals surface area (Å²) >= 11 is 5.67. The summed E-state index contributed by atoms with van der Waals surface area (Å²) in [6.07, 6.45) is 0. The van der Waals surface area contributed by atoms with Gasteiger partial charge in [0.15, 0.2) is 0 Å². The van der Waals surface area contributed by atoms with Crippen molar-refractivity contribution in [2.75, 3.05) is 13.2 Å². The Labute approximate surface area is 105 Å². The van der Waals surface area contributed by atoms with E-state index in [2.05, 4.69) is 5.32 Å². The summed E-state index contributed by atoms with van der Waals surface area (Å²) in [5.74, 6) is -0.544. The molecule has 1 rings (SSSR count). The van der Waals surface area contributed by atoms with Crippen molar-refractivity contribution in [3.05, 3.63) is 28.8 Å². The van der Waals surface area contributed by atoms with Crippen LogP contribution >= 0.6 is 11.6 Å². The molecule has 5 heteroatoms. The first-order chi connectivity index (χ1) is 7.85. The zero-order chi connectivity index (χ0) is 13.1. The molecule has 0 aromatic heterocycles. The molecule has 94 valence electrons. The normalized spacial score (nSPS) is 11.3. The van der Waals surface area contributed by atoms with E-state index in [0.29, 0.717) is 11.6 Å². The highest BCUT2D eigenvalue weighted by atomic mass is 35.5. The fourth-order valence-electron chi connectivity index (χ4n) is 1.17. The maximum absolute atomic E-state index is 11.7. The maximum Gasteiger partial charge on any atom is 0.255 e. The molecule has 0 fully saturated rings. The van der Waals surface area contributed by atoms with Gasteiger partial charge in [0, 0.05) is 23.6 Å². The van der Waals surface area contributed by atoms with E-state index in [0.717, 1.165) is 0 Å². The van der Waals surface area contributed by atoms with Crippen LogP contribution in [-0.4, -0.2) is 29.3 Å². The molecule has 1 aromatic rings. The molecule has 0 unspecified atom stereocenters. The summed E-state index contributed by atoms with van der Waals surface area (Å²) in [5, 5.41) is 21.6. The van der Waals surface area contributed by atoms with Gasteiger partial charge < -0.3 is 15.5 Å². The third kappa shape index (κ3) is 3.91. The van der Waals surface area contributed by atoms with E-state index in [1.165, 1.54) is 18.2 Å². The van der Waals surface area contributed by atoms with Crippen LogP contribution in [0.15, 0.2) is 18.2 Å². The van der Waals surface area contributed by atoms with Crippen molar-refractivity contribution in [3.63, 3.8) is 0 Å². The number of hydrogen-bond donors (Lipinski definition) is 3. The molecule has 0 aliphatic carbocycles. The Morgan fingerprint density at radius 2 is 2.12 bits per heavy atom. The summed E-state index contributed by atoms with van der Waals surface area (Å²) in [6.45, 7) is 3.95. The zero-order valence-corrected chi connectivity index (χ0v) is 10.6. The number of phenols is 1. The van der Waals surface area contributed by atoms with E-state index in [1.54, 1.807) is 0 Å².